The minimum Gasteiger partial charge on any atom is -0.310 e. The van der Waals surface area contributed by atoms with Crippen molar-refractivity contribution >= 4 is 15.9 Å². The van der Waals surface area contributed by atoms with Gasteiger partial charge >= 0.3 is 0 Å². The van der Waals surface area contributed by atoms with Crippen LogP contribution in [0.1, 0.15) is 57.1 Å². The van der Waals surface area contributed by atoms with Crippen molar-refractivity contribution in [2.75, 3.05) is 6.54 Å². The van der Waals surface area contributed by atoms with Crippen LogP contribution < -0.4 is 5.32 Å². The topological polar surface area (TPSA) is 12.0 Å². The van der Waals surface area contributed by atoms with Gasteiger partial charge in [0.25, 0.3) is 0 Å². The van der Waals surface area contributed by atoms with Gasteiger partial charge in [-0.2, -0.15) is 0 Å². The first-order valence-electron chi connectivity index (χ1n) is 7.35. The summed E-state index contributed by atoms with van der Waals surface area (Å²) in [6.07, 6.45) is 8.17. The zero-order valence-electron chi connectivity index (χ0n) is 11.6. The van der Waals surface area contributed by atoms with Crippen LogP contribution in [0.5, 0.6) is 0 Å². The molecule has 1 atom stereocenters. The minimum atomic E-state index is -0.132. The van der Waals surface area contributed by atoms with Gasteiger partial charge in [-0.1, -0.05) is 54.1 Å². The highest BCUT2D eigenvalue weighted by molar-refractivity contribution is 9.10. The lowest BCUT2D eigenvalue weighted by Crippen LogP contribution is -2.23. The van der Waals surface area contributed by atoms with Crippen LogP contribution in [0.15, 0.2) is 22.7 Å². The van der Waals surface area contributed by atoms with E-state index in [1.54, 1.807) is 0 Å². The zero-order chi connectivity index (χ0) is 13.7. The first-order valence-corrected chi connectivity index (χ1v) is 8.14. The fourth-order valence-corrected chi connectivity index (χ4v) is 3.28. The fourth-order valence-electron chi connectivity index (χ4n) is 2.94. The van der Waals surface area contributed by atoms with Gasteiger partial charge in [-0.3, -0.25) is 0 Å². The molecule has 0 saturated heterocycles. The Morgan fingerprint density at radius 2 is 2.05 bits per heavy atom. The standard InChI is InChI=1S/C16H23BrFN/c1-12(15-8-7-14(17)11-16(15)18)19-10-9-13-5-3-2-4-6-13/h7-8,11-13,19H,2-6,9-10H2,1H3. The van der Waals surface area contributed by atoms with Crippen LogP contribution in [0.4, 0.5) is 4.39 Å². The molecule has 106 valence electrons. The van der Waals surface area contributed by atoms with Gasteiger partial charge in [0.2, 0.25) is 0 Å². The average Bonchev–Trinajstić information content (AvgIpc) is 2.39. The third-order valence-electron chi connectivity index (χ3n) is 4.16. The molecule has 0 heterocycles. The van der Waals surface area contributed by atoms with Crippen LogP contribution >= 0.6 is 15.9 Å². The quantitative estimate of drug-likeness (QED) is 0.782. The van der Waals surface area contributed by atoms with Crippen molar-refractivity contribution in [3.63, 3.8) is 0 Å². The average molecular weight is 328 g/mol. The van der Waals surface area contributed by atoms with Gasteiger partial charge in [-0.25, -0.2) is 4.39 Å². The molecule has 0 aromatic heterocycles. The molecule has 0 radical (unpaired) electrons. The second-order valence-electron chi connectivity index (χ2n) is 5.63. The van der Waals surface area contributed by atoms with Crippen LogP contribution in [0.25, 0.3) is 0 Å². The number of benzene rings is 1. The molecule has 1 N–H and O–H groups in total. The highest BCUT2D eigenvalue weighted by atomic mass is 79.9. The first kappa shape index (κ1) is 15.0. The molecule has 1 aromatic carbocycles. The Labute approximate surface area is 124 Å². The number of hydrogen-bond donors (Lipinski definition) is 1. The van der Waals surface area contributed by atoms with Crippen LogP contribution in [0.2, 0.25) is 0 Å². The molecule has 0 bridgehead atoms. The van der Waals surface area contributed by atoms with E-state index in [4.69, 9.17) is 0 Å². The van der Waals surface area contributed by atoms with E-state index < -0.39 is 0 Å². The first-order chi connectivity index (χ1) is 9.16. The normalized spacial score (nSPS) is 18.5. The van der Waals surface area contributed by atoms with Crippen LogP contribution in [0.3, 0.4) is 0 Å². The van der Waals surface area contributed by atoms with E-state index in [2.05, 4.69) is 21.2 Å². The molecule has 1 unspecified atom stereocenters. The zero-order valence-corrected chi connectivity index (χ0v) is 13.2. The van der Waals surface area contributed by atoms with Crippen LogP contribution in [0, 0.1) is 11.7 Å². The number of nitrogens with one attached hydrogen (secondary N) is 1. The summed E-state index contributed by atoms with van der Waals surface area (Å²) in [4.78, 5) is 0. The third kappa shape index (κ3) is 4.57. The van der Waals surface area contributed by atoms with E-state index in [9.17, 15) is 4.39 Å². The van der Waals surface area contributed by atoms with E-state index >= 15 is 0 Å². The Morgan fingerprint density at radius 1 is 1.32 bits per heavy atom. The maximum atomic E-state index is 13.8. The maximum Gasteiger partial charge on any atom is 0.129 e. The lowest BCUT2D eigenvalue weighted by Gasteiger charge is -2.23. The Morgan fingerprint density at radius 3 is 2.74 bits per heavy atom. The van der Waals surface area contributed by atoms with Crippen molar-refractivity contribution in [2.24, 2.45) is 5.92 Å². The fraction of sp³-hybridized carbons (Fsp3) is 0.625. The number of rotatable bonds is 5. The van der Waals surface area contributed by atoms with Gasteiger partial charge in [0.1, 0.15) is 5.82 Å². The van der Waals surface area contributed by atoms with Crippen LogP contribution in [-0.2, 0) is 0 Å². The Balaban J connectivity index is 1.78. The Bertz CT molecular complexity index is 402. The molecular weight excluding hydrogens is 305 g/mol. The Kier molecular flexibility index (Phi) is 5.83. The summed E-state index contributed by atoms with van der Waals surface area (Å²) in [5.41, 5.74) is 0.756. The van der Waals surface area contributed by atoms with Crippen LogP contribution in [-0.4, -0.2) is 6.54 Å². The highest BCUT2D eigenvalue weighted by Gasteiger charge is 2.14. The third-order valence-corrected chi connectivity index (χ3v) is 4.65. The SMILES string of the molecule is CC(NCCC1CCCCC1)c1ccc(Br)cc1F. The predicted molar refractivity (Wildman–Crippen MR) is 81.7 cm³/mol. The molecule has 1 aliphatic rings. The summed E-state index contributed by atoms with van der Waals surface area (Å²) in [7, 11) is 0. The van der Waals surface area contributed by atoms with E-state index in [0.717, 1.165) is 22.5 Å². The summed E-state index contributed by atoms with van der Waals surface area (Å²) in [6, 6.07) is 5.38. The smallest absolute Gasteiger partial charge is 0.129 e. The van der Waals surface area contributed by atoms with E-state index in [0.29, 0.717) is 0 Å². The van der Waals surface area contributed by atoms with Crippen molar-refractivity contribution < 1.29 is 4.39 Å². The molecule has 1 saturated carbocycles. The molecule has 3 heteroatoms. The molecule has 1 aliphatic carbocycles. The molecule has 0 amide bonds. The predicted octanol–water partition coefficient (Wildman–Crippen LogP) is 5.21. The second kappa shape index (κ2) is 7.39. The molecule has 2 rings (SSSR count). The molecule has 1 aromatic rings. The van der Waals surface area contributed by atoms with E-state index in [-0.39, 0.29) is 11.9 Å². The summed E-state index contributed by atoms with van der Waals surface area (Å²) in [5, 5.41) is 3.45. The van der Waals surface area contributed by atoms with Gasteiger partial charge in [0.15, 0.2) is 0 Å². The molecular formula is C16H23BrFN. The second-order valence-corrected chi connectivity index (χ2v) is 6.55. The summed E-state index contributed by atoms with van der Waals surface area (Å²) in [6.45, 7) is 3.02. The number of halogens is 2. The summed E-state index contributed by atoms with van der Waals surface area (Å²) >= 11 is 3.29. The monoisotopic (exact) mass is 327 g/mol. The largest absolute Gasteiger partial charge is 0.310 e. The highest BCUT2D eigenvalue weighted by Crippen LogP contribution is 2.26. The van der Waals surface area contributed by atoms with Crippen molar-refractivity contribution in [3.05, 3.63) is 34.1 Å². The van der Waals surface area contributed by atoms with Crippen molar-refractivity contribution in [1.29, 1.82) is 0 Å². The maximum absolute atomic E-state index is 13.8. The van der Waals surface area contributed by atoms with Gasteiger partial charge in [0.05, 0.1) is 0 Å². The number of hydrogen-bond acceptors (Lipinski definition) is 1. The lowest BCUT2D eigenvalue weighted by molar-refractivity contribution is 0.329. The molecule has 1 fully saturated rings. The van der Waals surface area contributed by atoms with Crippen molar-refractivity contribution in [3.8, 4) is 0 Å². The van der Waals surface area contributed by atoms with Crippen molar-refractivity contribution in [1.82, 2.24) is 5.32 Å². The van der Waals surface area contributed by atoms with E-state index in [1.807, 2.05) is 19.1 Å². The van der Waals surface area contributed by atoms with E-state index in [1.165, 1.54) is 44.6 Å². The van der Waals surface area contributed by atoms with Gasteiger partial charge in [0, 0.05) is 16.1 Å². The minimum absolute atomic E-state index is 0.0803. The summed E-state index contributed by atoms with van der Waals surface area (Å²) in [5.74, 6) is 0.746. The van der Waals surface area contributed by atoms with Gasteiger partial charge in [-0.05, 0) is 37.9 Å². The lowest BCUT2D eigenvalue weighted by atomic mass is 9.87. The molecule has 0 spiro atoms. The van der Waals surface area contributed by atoms with Gasteiger partial charge < -0.3 is 5.32 Å². The van der Waals surface area contributed by atoms with Gasteiger partial charge in [-0.15, -0.1) is 0 Å². The molecule has 0 aliphatic heterocycles. The Hall–Kier alpha value is -0.410. The summed E-state index contributed by atoms with van der Waals surface area (Å²) < 4.78 is 14.6. The molecule has 1 nitrogen and oxygen atoms in total. The van der Waals surface area contributed by atoms with Crippen molar-refractivity contribution in [2.45, 2.75) is 51.5 Å². The molecule has 19 heavy (non-hydrogen) atoms.